The van der Waals surface area contributed by atoms with E-state index in [1.54, 1.807) is 0 Å². The van der Waals surface area contributed by atoms with E-state index < -0.39 is 30.1 Å². The molecule has 0 saturated carbocycles. The number of rotatable bonds is 4. The molecule has 15 heavy (non-hydrogen) atoms. The van der Waals surface area contributed by atoms with E-state index in [2.05, 4.69) is 4.74 Å². The molecule has 7 nitrogen and oxygen atoms in total. The van der Waals surface area contributed by atoms with Crippen LogP contribution >= 0.6 is 0 Å². The van der Waals surface area contributed by atoms with Crippen LogP contribution < -0.4 is 56.5 Å². The third-order valence-corrected chi connectivity index (χ3v) is 1.29. The molecule has 0 amide bonds. The van der Waals surface area contributed by atoms with Gasteiger partial charge in [-0.3, -0.25) is 4.79 Å². The maximum absolute atomic E-state index is 10.7. The minimum Gasteiger partial charge on any atom is -0.547 e. The third kappa shape index (κ3) is 6.35. The van der Waals surface area contributed by atoms with Gasteiger partial charge in [0.1, 0.15) is 6.10 Å². The van der Waals surface area contributed by atoms with Gasteiger partial charge in [-0.25, -0.2) is 4.79 Å². The second-order valence-corrected chi connectivity index (χ2v) is 2.36. The Morgan fingerprint density at radius 1 is 1.27 bits per heavy atom. The fraction of sp³-hybridized carbons (Fsp3) is 0.571. The van der Waals surface area contributed by atoms with Gasteiger partial charge in [-0.05, 0) is 0 Å². The first kappa shape index (κ1) is 17.6. The normalized spacial score (nSPS) is 13.3. The van der Waals surface area contributed by atoms with Crippen LogP contribution in [0.1, 0.15) is 13.3 Å². The molecule has 80 valence electrons. The monoisotopic (exact) mass is 244 g/mol. The molecule has 0 aromatic rings. The summed E-state index contributed by atoms with van der Waals surface area (Å²) in [7, 11) is 0. The standard InChI is InChI=1S/C7H10O7.K/c1-2-3(8)14-7(13)5(10)4(9)6(11)12;/h4-5,9-10H,2H2,1H3,(H,11,12);/q;+1/p-1. The van der Waals surface area contributed by atoms with Crippen LogP contribution in [0.2, 0.25) is 0 Å². The summed E-state index contributed by atoms with van der Waals surface area (Å²) in [4.78, 5) is 31.2. The number of esters is 2. The molecule has 8 heteroatoms. The van der Waals surface area contributed by atoms with Crippen LogP contribution in [0.25, 0.3) is 0 Å². The summed E-state index contributed by atoms with van der Waals surface area (Å²) in [6.45, 7) is 1.40. The third-order valence-electron chi connectivity index (χ3n) is 1.29. The minimum absolute atomic E-state index is 0. The largest absolute Gasteiger partial charge is 1.00 e. The Balaban J connectivity index is 0. The van der Waals surface area contributed by atoms with E-state index in [9.17, 15) is 19.5 Å². The van der Waals surface area contributed by atoms with E-state index in [0.717, 1.165) is 0 Å². The van der Waals surface area contributed by atoms with Crippen LogP contribution in [-0.4, -0.2) is 40.3 Å². The van der Waals surface area contributed by atoms with E-state index in [-0.39, 0.29) is 57.8 Å². The summed E-state index contributed by atoms with van der Waals surface area (Å²) in [6, 6.07) is 0. The summed E-state index contributed by atoms with van der Waals surface area (Å²) in [5.74, 6) is -4.48. The molecular weight excluding hydrogens is 235 g/mol. The van der Waals surface area contributed by atoms with Crippen molar-refractivity contribution in [2.75, 3.05) is 0 Å². The van der Waals surface area contributed by atoms with Gasteiger partial charge in [0, 0.05) is 6.42 Å². The van der Waals surface area contributed by atoms with Crippen molar-refractivity contribution in [1.82, 2.24) is 0 Å². The SMILES string of the molecule is CCC(=O)OC(=O)C(O)C(O)C(=O)[O-].[K+]. The average Bonchev–Trinajstić information content (AvgIpc) is 2.14. The Labute approximate surface area is 128 Å². The van der Waals surface area contributed by atoms with Crippen LogP contribution in [0.5, 0.6) is 0 Å². The van der Waals surface area contributed by atoms with Crippen molar-refractivity contribution in [3.05, 3.63) is 0 Å². The second-order valence-electron chi connectivity index (χ2n) is 2.36. The van der Waals surface area contributed by atoms with Crippen LogP contribution in [-0.2, 0) is 19.1 Å². The van der Waals surface area contributed by atoms with Gasteiger partial charge in [-0.1, -0.05) is 6.92 Å². The van der Waals surface area contributed by atoms with Crippen molar-refractivity contribution in [3.8, 4) is 0 Å². The average molecular weight is 244 g/mol. The van der Waals surface area contributed by atoms with Gasteiger partial charge in [-0.15, -0.1) is 0 Å². The summed E-state index contributed by atoms with van der Waals surface area (Å²) in [6.07, 6.45) is -4.84. The topological polar surface area (TPSA) is 124 Å². The first-order valence-electron chi connectivity index (χ1n) is 3.71. The summed E-state index contributed by atoms with van der Waals surface area (Å²) in [5.41, 5.74) is 0. The summed E-state index contributed by atoms with van der Waals surface area (Å²) >= 11 is 0. The molecule has 0 saturated heterocycles. The number of aliphatic hydroxyl groups is 2. The van der Waals surface area contributed by atoms with E-state index >= 15 is 0 Å². The molecular formula is C7H9KO7. The van der Waals surface area contributed by atoms with Crippen molar-refractivity contribution in [2.45, 2.75) is 25.6 Å². The zero-order chi connectivity index (χ0) is 11.3. The quantitative estimate of drug-likeness (QED) is 0.286. The number of carboxylic acids is 1. The summed E-state index contributed by atoms with van der Waals surface area (Å²) in [5, 5.41) is 27.4. The van der Waals surface area contributed by atoms with Gasteiger partial charge in [0.2, 0.25) is 0 Å². The van der Waals surface area contributed by atoms with E-state index in [1.807, 2.05) is 0 Å². The molecule has 0 rings (SSSR count). The maximum atomic E-state index is 10.7. The Morgan fingerprint density at radius 3 is 2.07 bits per heavy atom. The number of aliphatic hydroxyl groups excluding tert-OH is 2. The molecule has 2 unspecified atom stereocenters. The molecule has 0 aliphatic rings. The van der Waals surface area contributed by atoms with Gasteiger partial charge < -0.3 is 24.9 Å². The van der Waals surface area contributed by atoms with Crippen molar-refractivity contribution in [2.24, 2.45) is 0 Å². The molecule has 0 spiro atoms. The molecule has 0 aliphatic carbocycles. The van der Waals surface area contributed by atoms with Crippen LogP contribution in [0.3, 0.4) is 0 Å². The van der Waals surface area contributed by atoms with Gasteiger partial charge in [0.05, 0.1) is 5.97 Å². The second kappa shape index (κ2) is 8.33. The molecule has 0 fully saturated rings. The predicted octanol–water partition coefficient (Wildman–Crippen LogP) is -6.06. The van der Waals surface area contributed by atoms with Crippen LogP contribution in [0, 0.1) is 0 Å². The zero-order valence-corrected chi connectivity index (χ0v) is 11.4. The first-order chi connectivity index (χ1) is 6.40. The van der Waals surface area contributed by atoms with Crippen LogP contribution in [0.15, 0.2) is 0 Å². The number of carbonyl (C=O) groups is 3. The van der Waals surface area contributed by atoms with Crippen molar-refractivity contribution < 1.29 is 85.8 Å². The molecule has 0 heterocycles. The maximum Gasteiger partial charge on any atom is 1.00 e. The molecule has 2 atom stereocenters. The van der Waals surface area contributed by atoms with Crippen molar-refractivity contribution >= 4 is 17.9 Å². The van der Waals surface area contributed by atoms with Gasteiger partial charge in [0.15, 0.2) is 6.10 Å². The number of hydrogen-bond donors (Lipinski definition) is 2. The van der Waals surface area contributed by atoms with E-state index in [0.29, 0.717) is 0 Å². The van der Waals surface area contributed by atoms with Crippen molar-refractivity contribution in [1.29, 1.82) is 0 Å². The van der Waals surface area contributed by atoms with E-state index in [4.69, 9.17) is 10.2 Å². The number of ether oxygens (including phenoxy) is 1. The smallest absolute Gasteiger partial charge is 0.547 e. The van der Waals surface area contributed by atoms with Crippen molar-refractivity contribution in [3.63, 3.8) is 0 Å². The fourth-order valence-electron chi connectivity index (χ4n) is 0.503. The number of hydrogen-bond acceptors (Lipinski definition) is 7. The van der Waals surface area contributed by atoms with Crippen LogP contribution in [0.4, 0.5) is 0 Å². The molecule has 0 radical (unpaired) electrons. The Hall–Kier alpha value is 0.166. The molecule has 0 aromatic heterocycles. The minimum atomic E-state index is -2.41. The molecule has 0 bridgehead atoms. The number of carboxylic acid groups (broad SMARTS) is 1. The van der Waals surface area contributed by atoms with Gasteiger partial charge in [0.25, 0.3) is 0 Å². The van der Waals surface area contributed by atoms with Gasteiger partial charge >= 0.3 is 63.3 Å². The predicted molar refractivity (Wildman–Crippen MR) is 38.4 cm³/mol. The Morgan fingerprint density at radius 2 is 1.73 bits per heavy atom. The van der Waals surface area contributed by atoms with E-state index in [1.165, 1.54) is 6.92 Å². The Kier molecular flexibility index (Phi) is 9.75. The summed E-state index contributed by atoms with van der Waals surface area (Å²) < 4.78 is 3.95. The van der Waals surface area contributed by atoms with Gasteiger partial charge in [-0.2, -0.15) is 0 Å². The number of carbonyl (C=O) groups excluding carboxylic acids is 3. The first-order valence-corrected chi connectivity index (χ1v) is 3.71. The molecule has 2 N–H and O–H groups in total. The zero-order valence-electron chi connectivity index (χ0n) is 8.30. The number of aliphatic carboxylic acids is 1. The molecule has 0 aromatic carbocycles. The fourth-order valence-corrected chi connectivity index (χ4v) is 0.503. The Bertz CT molecular complexity index is 252. The molecule has 0 aliphatic heterocycles.